The van der Waals surface area contributed by atoms with Gasteiger partial charge >= 0.3 is 6.18 Å². The number of hydrogen-bond donors (Lipinski definition) is 0. The van der Waals surface area contributed by atoms with Crippen molar-refractivity contribution >= 4 is 6.08 Å². The Balaban J connectivity index is 3.12. The number of ether oxygens (including phenoxy) is 2. The third kappa shape index (κ3) is 2.92. The molecule has 0 saturated carbocycles. The normalized spacial score (nSPS) is 11.8. The van der Waals surface area contributed by atoms with Gasteiger partial charge in [-0.25, -0.2) is 0 Å². The molecule has 0 heterocycles. The Bertz CT molecular complexity index is 383. The van der Waals surface area contributed by atoms with Gasteiger partial charge in [-0.05, 0) is 18.2 Å². The molecule has 2 nitrogen and oxygen atoms in total. The summed E-state index contributed by atoms with van der Waals surface area (Å²) in [4.78, 5) is 0. The molecule has 1 aromatic carbocycles. The molecule has 0 spiro atoms. The van der Waals surface area contributed by atoms with Crippen molar-refractivity contribution in [3.05, 3.63) is 35.6 Å². The lowest BCUT2D eigenvalue weighted by atomic mass is 10.1. The molecule has 5 heteroatoms. The molecule has 1 aromatic rings. The zero-order chi connectivity index (χ0) is 12.2. The van der Waals surface area contributed by atoms with Crippen molar-refractivity contribution in [3.63, 3.8) is 0 Å². The molecule has 0 aromatic heterocycles. The molecule has 0 atom stereocenters. The minimum atomic E-state index is -4.36. The van der Waals surface area contributed by atoms with Crippen LogP contribution in [0.15, 0.2) is 24.5 Å². The first-order valence-electron chi connectivity index (χ1n) is 4.43. The first-order chi connectivity index (χ1) is 7.49. The Morgan fingerprint density at radius 2 is 1.88 bits per heavy atom. The summed E-state index contributed by atoms with van der Waals surface area (Å²) in [6, 6.07) is 3.28. The van der Waals surface area contributed by atoms with Gasteiger partial charge in [-0.1, -0.05) is 6.07 Å². The molecule has 88 valence electrons. The van der Waals surface area contributed by atoms with Crippen LogP contribution in [-0.2, 0) is 10.9 Å². The molecule has 0 aliphatic carbocycles. The average molecular weight is 232 g/mol. The molecule has 0 bridgehead atoms. The van der Waals surface area contributed by atoms with Crippen molar-refractivity contribution < 1.29 is 22.6 Å². The minimum Gasteiger partial charge on any atom is -0.504 e. The molecule has 0 amide bonds. The minimum absolute atomic E-state index is 0.156. The van der Waals surface area contributed by atoms with E-state index in [0.29, 0.717) is 5.56 Å². The summed E-state index contributed by atoms with van der Waals surface area (Å²) in [7, 11) is 2.77. The van der Waals surface area contributed by atoms with Gasteiger partial charge in [-0.3, -0.25) is 0 Å². The standard InChI is InChI=1S/C11H11F3O2/c1-15-6-5-8-3-4-9(11(12,13)14)7-10(8)16-2/h3-7H,1-2H3/b6-5+. The predicted molar refractivity (Wildman–Crippen MR) is 54.0 cm³/mol. The first-order valence-corrected chi connectivity index (χ1v) is 4.43. The van der Waals surface area contributed by atoms with Crippen LogP contribution >= 0.6 is 0 Å². The van der Waals surface area contributed by atoms with Crippen LogP contribution < -0.4 is 4.74 Å². The van der Waals surface area contributed by atoms with Crippen molar-refractivity contribution in [3.8, 4) is 5.75 Å². The third-order valence-corrected chi connectivity index (χ3v) is 1.94. The van der Waals surface area contributed by atoms with E-state index in [-0.39, 0.29) is 5.75 Å². The maximum Gasteiger partial charge on any atom is 0.416 e. The van der Waals surface area contributed by atoms with Crippen molar-refractivity contribution in [1.82, 2.24) is 0 Å². The SMILES string of the molecule is CO/C=C/c1ccc(C(F)(F)F)cc1OC. The van der Waals surface area contributed by atoms with E-state index >= 15 is 0 Å². The van der Waals surface area contributed by atoms with Crippen LogP contribution in [0.5, 0.6) is 5.75 Å². The van der Waals surface area contributed by atoms with Gasteiger partial charge < -0.3 is 9.47 Å². The molecule has 0 saturated heterocycles. The number of rotatable bonds is 3. The highest BCUT2D eigenvalue weighted by molar-refractivity contribution is 5.57. The van der Waals surface area contributed by atoms with Crippen LogP contribution in [0.1, 0.15) is 11.1 Å². The number of hydrogen-bond acceptors (Lipinski definition) is 2. The maximum atomic E-state index is 12.4. The average Bonchev–Trinajstić information content (AvgIpc) is 2.24. The molecule has 16 heavy (non-hydrogen) atoms. The molecule has 0 N–H and O–H groups in total. The van der Waals surface area contributed by atoms with Crippen LogP contribution in [0.25, 0.3) is 6.08 Å². The molecule has 1 rings (SSSR count). The van der Waals surface area contributed by atoms with Crippen LogP contribution in [0.2, 0.25) is 0 Å². The second-order valence-corrected chi connectivity index (χ2v) is 2.99. The van der Waals surface area contributed by atoms with Gasteiger partial charge in [-0.2, -0.15) is 13.2 Å². The zero-order valence-corrected chi connectivity index (χ0v) is 8.84. The van der Waals surface area contributed by atoms with E-state index in [9.17, 15) is 13.2 Å². The van der Waals surface area contributed by atoms with Crippen LogP contribution in [-0.4, -0.2) is 14.2 Å². The topological polar surface area (TPSA) is 18.5 Å². The van der Waals surface area contributed by atoms with E-state index in [1.54, 1.807) is 0 Å². The lowest BCUT2D eigenvalue weighted by Crippen LogP contribution is -2.05. The van der Waals surface area contributed by atoms with Crippen LogP contribution in [0, 0.1) is 0 Å². The summed E-state index contributed by atoms with van der Waals surface area (Å²) in [5.41, 5.74) is -0.212. The first kappa shape index (κ1) is 12.4. The van der Waals surface area contributed by atoms with Crippen LogP contribution in [0.3, 0.4) is 0 Å². The number of methoxy groups -OCH3 is 2. The van der Waals surface area contributed by atoms with E-state index in [1.165, 1.54) is 32.6 Å². The van der Waals surface area contributed by atoms with Gasteiger partial charge in [0.1, 0.15) is 5.75 Å². The number of alkyl halides is 3. The lowest BCUT2D eigenvalue weighted by Gasteiger charge is -2.10. The molecule has 0 unspecified atom stereocenters. The molecule has 0 aliphatic heterocycles. The van der Waals surface area contributed by atoms with Crippen molar-refractivity contribution in [2.75, 3.05) is 14.2 Å². The second-order valence-electron chi connectivity index (χ2n) is 2.99. The van der Waals surface area contributed by atoms with E-state index in [4.69, 9.17) is 4.74 Å². The maximum absolute atomic E-state index is 12.4. The van der Waals surface area contributed by atoms with Crippen molar-refractivity contribution in [1.29, 1.82) is 0 Å². The van der Waals surface area contributed by atoms with Crippen molar-refractivity contribution in [2.45, 2.75) is 6.18 Å². The fourth-order valence-corrected chi connectivity index (χ4v) is 1.17. The largest absolute Gasteiger partial charge is 0.504 e. The Labute approximate surface area is 91.3 Å². The van der Waals surface area contributed by atoms with Gasteiger partial charge in [0, 0.05) is 5.56 Å². The van der Waals surface area contributed by atoms with E-state index in [0.717, 1.165) is 12.1 Å². The zero-order valence-electron chi connectivity index (χ0n) is 8.84. The second kappa shape index (κ2) is 4.92. The summed E-state index contributed by atoms with van der Waals surface area (Å²) in [6.45, 7) is 0. The highest BCUT2D eigenvalue weighted by atomic mass is 19.4. The molecular weight excluding hydrogens is 221 g/mol. The number of halogens is 3. The third-order valence-electron chi connectivity index (χ3n) is 1.94. The molecule has 0 fully saturated rings. The van der Waals surface area contributed by atoms with Gasteiger partial charge in [0.2, 0.25) is 0 Å². The molecule has 0 radical (unpaired) electrons. The van der Waals surface area contributed by atoms with E-state index < -0.39 is 11.7 Å². The smallest absolute Gasteiger partial charge is 0.416 e. The monoisotopic (exact) mass is 232 g/mol. The lowest BCUT2D eigenvalue weighted by molar-refractivity contribution is -0.137. The Kier molecular flexibility index (Phi) is 3.82. The fraction of sp³-hybridized carbons (Fsp3) is 0.273. The Morgan fingerprint density at radius 3 is 2.38 bits per heavy atom. The van der Waals surface area contributed by atoms with Gasteiger partial charge in [0.25, 0.3) is 0 Å². The summed E-state index contributed by atoms with van der Waals surface area (Å²) >= 11 is 0. The Hall–Kier alpha value is -1.65. The highest BCUT2D eigenvalue weighted by Crippen LogP contribution is 2.33. The summed E-state index contributed by atoms with van der Waals surface area (Å²) in [5, 5.41) is 0. The van der Waals surface area contributed by atoms with Gasteiger partial charge in [0.15, 0.2) is 0 Å². The van der Waals surface area contributed by atoms with E-state index in [2.05, 4.69) is 4.74 Å². The molecular formula is C11H11F3O2. The molecule has 0 aliphatic rings. The Morgan fingerprint density at radius 1 is 1.19 bits per heavy atom. The quantitative estimate of drug-likeness (QED) is 0.744. The fourth-order valence-electron chi connectivity index (χ4n) is 1.17. The predicted octanol–water partition coefficient (Wildman–Crippen LogP) is 3.33. The van der Waals surface area contributed by atoms with Crippen LogP contribution in [0.4, 0.5) is 13.2 Å². The van der Waals surface area contributed by atoms with E-state index in [1.807, 2.05) is 0 Å². The summed E-state index contributed by atoms with van der Waals surface area (Å²) in [5.74, 6) is 0.156. The summed E-state index contributed by atoms with van der Waals surface area (Å²) < 4.78 is 46.7. The number of benzene rings is 1. The van der Waals surface area contributed by atoms with Crippen molar-refractivity contribution in [2.24, 2.45) is 0 Å². The van der Waals surface area contributed by atoms with Gasteiger partial charge in [0.05, 0.1) is 26.0 Å². The summed E-state index contributed by atoms with van der Waals surface area (Å²) in [6.07, 6.45) is -1.47. The van der Waals surface area contributed by atoms with Gasteiger partial charge in [-0.15, -0.1) is 0 Å². The highest BCUT2D eigenvalue weighted by Gasteiger charge is 2.31.